The summed E-state index contributed by atoms with van der Waals surface area (Å²) in [5, 5.41) is 10.0. The first-order valence-electron chi connectivity index (χ1n) is 15.1. The van der Waals surface area contributed by atoms with Crippen LogP contribution in [0.5, 0.6) is 0 Å². The Balaban J connectivity index is 1.13. The molecule has 0 spiro atoms. The first kappa shape index (κ1) is 30.3. The molecule has 45 heavy (non-hydrogen) atoms. The second-order valence-corrected chi connectivity index (χ2v) is 11.8. The monoisotopic (exact) mass is 622 g/mol. The number of anilines is 2. The van der Waals surface area contributed by atoms with Crippen LogP contribution in [0.1, 0.15) is 27.0 Å². The van der Waals surface area contributed by atoms with Gasteiger partial charge in [-0.1, -0.05) is 60.1 Å². The largest absolute Gasteiger partial charge is 0.366 e. The molecule has 6 rings (SSSR count). The van der Waals surface area contributed by atoms with E-state index in [-0.39, 0.29) is 17.7 Å². The minimum atomic E-state index is -0.726. The van der Waals surface area contributed by atoms with Crippen molar-refractivity contribution in [2.45, 2.75) is 31.5 Å². The first-order chi connectivity index (χ1) is 21.9. The van der Waals surface area contributed by atoms with Crippen LogP contribution in [0.15, 0.2) is 97.3 Å². The lowest BCUT2D eigenvalue weighted by Gasteiger charge is -2.38. The van der Waals surface area contributed by atoms with Crippen LogP contribution >= 0.6 is 11.6 Å². The molecule has 3 amide bonds. The molecular formula is C35H35ClN6O3. The van der Waals surface area contributed by atoms with E-state index in [9.17, 15) is 14.4 Å². The van der Waals surface area contributed by atoms with Crippen LogP contribution in [0.25, 0.3) is 0 Å². The summed E-state index contributed by atoms with van der Waals surface area (Å²) in [6.45, 7) is 2.73. The number of para-hydroxylation sites is 2. The van der Waals surface area contributed by atoms with Crippen molar-refractivity contribution < 1.29 is 14.4 Å². The van der Waals surface area contributed by atoms with Gasteiger partial charge in [-0.3, -0.25) is 19.4 Å². The van der Waals surface area contributed by atoms with E-state index in [1.165, 1.54) is 5.56 Å². The molecule has 230 valence electrons. The van der Waals surface area contributed by atoms with E-state index < -0.39 is 12.1 Å². The number of hydrogen-bond donors (Lipinski definition) is 3. The van der Waals surface area contributed by atoms with Gasteiger partial charge < -0.3 is 25.8 Å². The normalized spacial score (nSPS) is 16.8. The van der Waals surface area contributed by atoms with Crippen LogP contribution in [0.3, 0.4) is 0 Å². The van der Waals surface area contributed by atoms with E-state index >= 15 is 0 Å². The average molecular weight is 623 g/mol. The third kappa shape index (κ3) is 7.33. The van der Waals surface area contributed by atoms with E-state index in [0.29, 0.717) is 61.8 Å². The van der Waals surface area contributed by atoms with Crippen molar-refractivity contribution in [1.82, 2.24) is 20.5 Å². The molecule has 3 heterocycles. The number of rotatable bonds is 8. The summed E-state index contributed by atoms with van der Waals surface area (Å²) in [7, 11) is 0. The fourth-order valence-corrected chi connectivity index (χ4v) is 6.04. The van der Waals surface area contributed by atoms with Gasteiger partial charge in [-0.05, 0) is 59.5 Å². The highest BCUT2D eigenvalue weighted by Crippen LogP contribution is 2.27. The maximum absolute atomic E-state index is 14.0. The second kappa shape index (κ2) is 13.9. The lowest BCUT2D eigenvalue weighted by Crippen LogP contribution is -2.58. The van der Waals surface area contributed by atoms with Gasteiger partial charge in [0.1, 0.15) is 6.04 Å². The highest BCUT2D eigenvalue weighted by atomic mass is 35.5. The quantitative estimate of drug-likeness (QED) is 0.274. The summed E-state index contributed by atoms with van der Waals surface area (Å²) < 4.78 is 0. The van der Waals surface area contributed by atoms with Gasteiger partial charge in [-0.15, -0.1) is 0 Å². The van der Waals surface area contributed by atoms with E-state index in [1.807, 2.05) is 53.4 Å². The molecule has 0 saturated carbocycles. The molecule has 3 aromatic carbocycles. The zero-order valence-corrected chi connectivity index (χ0v) is 25.5. The van der Waals surface area contributed by atoms with Crippen molar-refractivity contribution in [1.29, 1.82) is 0 Å². The van der Waals surface area contributed by atoms with Crippen LogP contribution in [0.4, 0.5) is 11.4 Å². The number of nitrogens with zero attached hydrogens (tertiary/aromatic N) is 3. The first-order valence-corrected chi connectivity index (χ1v) is 15.5. The summed E-state index contributed by atoms with van der Waals surface area (Å²) in [5.74, 6) is -0.516. The SMILES string of the molecule is O=C(Nc1ccccc1N1CCN(C(=O)[C@@H](Cc2ccc(Cl)cc2)NC(=O)[C@H]2Cc3ccccc3CN2)CC1)c1ccncc1. The van der Waals surface area contributed by atoms with Gasteiger partial charge in [-0.25, -0.2) is 0 Å². The molecule has 1 saturated heterocycles. The van der Waals surface area contributed by atoms with Crippen molar-refractivity contribution >= 4 is 40.7 Å². The summed E-state index contributed by atoms with van der Waals surface area (Å²) in [5.41, 5.74) is 5.36. The molecule has 4 aromatic rings. The maximum atomic E-state index is 14.0. The number of halogens is 1. The lowest BCUT2D eigenvalue weighted by molar-refractivity contribution is -0.137. The van der Waals surface area contributed by atoms with Crippen LogP contribution in [0.2, 0.25) is 5.02 Å². The standard InChI is InChI=1S/C35H35ClN6O3/c36-28-11-9-24(10-12-28)21-31(40-34(44)30-22-26-5-1-2-6-27(26)23-38-30)35(45)42-19-17-41(18-20-42)32-8-4-3-7-29(32)39-33(43)25-13-15-37-16-14-25/h1-16,30-31,38H,17-23H2,(H,39,43)(H,40,44)/t30-,31-/m1/s1. The molecule has 1 fully saturated rings. The Kier molecular flexibility index (Phi) is 9.38. The third-order valence-electron chi connectivity index (χ3n) is 8.39. The summed E-state index contributed by atoms with van der Waals surface area (Å²) >= 11 is 6.11. The number of benzene rings is 3. The second-order valence-electron chi connectivity index (χ2n) is 11.3. The molecule has 2 aliphatic heterocycles. The van der Waals surface area contributed by atoms with Gasteiger partial charge in [0, 0.05) is 62.1 Å². The molecule has 2 aliphatic rings. The Morgan fingerprint density at radius 3 is 2.31 bits per heavy atom. The lowest BCUT2D eigenvalue weighted by atomic mass is 9.95. The van der Waals surface area contributed by atoms with Gasteiger partial charge in [0.25, 0.3) is 5.91 Å². The van der Waals surface area contributed by atoms with Crippen molar-refractivity contribution in [3.05, 3.63) is 125 Å². The smallest absolute Gasteiger partial charge is 0.255 e. The van der Waals surface area contributed by atoms with Crippen molar-refractivity contribution in [2.75, 3.05) is 36.4 Å². The molecule has 3 N–H and O–H groups in total. The number of amides is 3. The number of aromatic nitrogens is 1. The van der Waals surface area contributed by atoms with Crippen LogP contribution in [-0.4, -0.2) is 65.9 Å². The summed E-state index contributed by atoms with van der Waals surface area (Å²) in [6.07, 6.45) is 4.10. The number of carbonyl (C=O) groups is 3. The number of fused-ring (bicyclic) bond motifs is 1. The molecule has 0 aliphatic carbocycles. The fraction of sp³-hybridized carbons (Fsp3) is 0.257. The molecular weight excluding hydrogens is 588 g/mol. The number of pyridine rings is 1. The maximum Gasteiger partial charge on any atom is 0.255 e. The van der Waals surface area contributed by atoms with Crippen molar-refractivity contribution in [3.63, 3.8) is 0 Å². The topological polar surface area (TPSA) is 107 Å². The molecule has 0 unspecified atom stereocenters. The molecule has 0 bridgehead atoms. The van der Waals surface area contributed by atoms with Gasteiger partial charge >= 0.3 is 0 Å². The van der Waals surface area contributed by atoms with Gasteiger partial charge in [0.05, 0.1) is 17.4 Å². The Morgan fingerprint density at radius 2 is 1.56 bits per heavy atom. The zero-order valence-electron chi connectivity index (χ0n) is 24.8. The number of nitrogens with one attached hydrogen (secondary N) is 3. The zero-order chi connectivity index (χ0) is 31.2. The fourth-order valence-electron chi connectivity index (χ4n) is 5.91. The summed E-state index contributed by atoms with van der Waals surface area (Å²) in [4.78, 5) is 48.3. The Bertz CT molecular complexity index is 1660. The van der Waals surface area contributed by atoms with Gasteiger partial charge in [0.15, 0.2) is 0 Å². The molecule has 1 aromatic heterocycles. The highest BCUT2D eigenvalue weighted by Gasteiger charge is 2.32. The molecule has 2 atom stereocenters. The molecule has 9 nitrogen and oxygen atoms in total. The van der Waals surface area contributed by atoms with E-state index in [1.54, 1.807) is 36.7 Å². The minimum absolute atomic E-state index is 0.117. The third-order valence-corrected chi connectivity index (χ3v) is 8.64. The van der Waals surface area contributed by atoms with Gasteiger partial charge in [0.2, 0.25) is 11.8 Å². The van der Waals surface area contributed by atoms with Crippen LogP contribution in [-0.2, 0) is 29.0 Å². The van der Waals surface area contributed by atoms with E-state index in [2.05, 4.69) is 38.0 Å². The summed E-state index contributed by atoms with van der Waals surface area (Å²) in [6, 6.07) is 25.3. The molecule has 10 heteroatoms. The minimum Gasteiger partial charge on any atom is -0.366 e. The Hall–Kier alpha value is -4.73. The van der Waals surface area contributed by atoms with Crippen LogP contribution < -0.4 is 20.9 Å². The predicted molar refractivity (Wildman–Crippen MR) is 175 cm³/mol. The molecule has 0 radical (unpaired) electrons. The Morgan fingerprint density at radius 1 is 0.867 bits per heavy atom. The van der Waals surface area contributed by atoms with Crippen molar-refractivity contribution in [3.8, 4) is 0 Å². The highest BCUT2D eigenvalue weighted by molar-refractivity contribution is 6.30. The number of carbonyl (C=O) groups excluding carboxylic acids is 3. The van der Waals surface area contributed by atoms with E-state index in [0.717, 1.165) is 16.8 Å². The van der Waals surface area contributed by atoms with Gasteiger partial charge in [-0.2, -0.15) is 0 Å². The van der Waals surface area contributed by atoms with Crippen LogP contribution in [0, 0.1) is 0 Å². The Labute approximate surface area is 267 Å². The number of hydrogen-bond acceptors (Lipinski definition) is 6. The van der Waals surface area contributed by atoms with Crippen molar-refractivity contribution in [2.24, 2.45) is 0 Å². The number of piperazine rings is 1. The van der Waals surface area contributed by atoms with E-state index in [4.69, 9.17) is 11.6 Å². The average Bonchev–Trinajstić information content (AvgIpc) is 3.09. The predicted octanol–water partition coefficient (Wildman–Crippen LogP) is 4.08.